The van der Waals surface area contributed by atoms with Crippen molar-refractivity contribution in [3.63, 3.8) is 0 Å². The summed E-state index contributed by atoms with van der Waals surface area (Å²) in [5.74, 6) is 2.30. The highest BCUT2D eigenvalue weighted by Crippen LogP contribution is 2.45. The summed E-state index contributed by atoms with van der Waals surface area (Å²) in [6.07, 6.45) is 3.42. The molecule has 0 radical (unpaired) electrons. The van der Waals surface area contributed by atoms with Gasteiger partial charge >= 0.3 is 6.09 Å². The van der Waals surface area contributed by atoms with Gasteiger partial charge < -0.3 is 18.9 Å². The highest BCUT2D eigenvalue weighted by atomic mass is 28.4. The summed E-state index contributed by atoms with van der Waals surface area (Å²) in [6.45, 7) is 25.3. The van der Waals surface area contributed by atoms with Crippen molar-refractivity contribution < 1.29 is 18.4 Å². The second-order valence-corrected chi connectivity index (χ2v) is 22.3. The van der Waals surface area contributed by atoms with Gasteiger partial charge in [-0.1, -0.05) is 47.6 Å². The van der Waals surface area contributed by atoms with Crippen LogP contribution in [-0.4, -0.2) is 35.4 Å². The van der Waals surface area contributed by atoms with Gasteiger partial charge in [-0.2, -0.15) is 0 Å². The Balaban J connectivity index is 2.30. The number of alkyl carbamates (subject to hydrolysis) is 1. The molecule has 0 atom stereocenters. The number of hydrogen-bond acceptors (Lipinski definition) is 4. The predicted molar refractivity (Wildman–Crippen MR) is 147 cm³/mol. The Morgan fingerprint density at radius 1 is 0.912 bits per heavy atom. The fourth-order valence-electron chi connectivity index (χ4n) is 3.71. The van der Waals surface area contributed by atoms with Crippen LogP contribution in [0.3, 0.4) is 0 Å². The quantitative estimate of drug-likeness (QED) is 0.378. The molecule has 1 aliphatic carbocycles. The normalized spacial score (nSPS) is 20.0. The minimum atomic E-state index is -2.03. The molecule has 7 heteroatoms. The standard InChI is InChI=1S/C27H49NO4Si2/c1-12-28-25(29)30-21-15-13-20(14-16-21)23-18-17-22(31-33(8,9)26(2,3)4)19-24(23)32-34(10,11)27(5,6)7/h17-21H,12-16H2,1-11H3,(H,28,29). The second kappa shape index (κ2) is 10.6. The van der Waals surface area contributed by atoms with Gasteiger partial charge in [0.25, 0.3) is 0 Å². The first kappa shape index (κ1) is 28.8. The number of carbonyl (C=O) groups excluding carboxylic acids is 1. The molecule has 0 unspecified atom stereocenters. The van der Waals surface area contributed by atoms with Gasteiger partial charge in [0.2, 0.25) is 16.6 Å². The van der Waals surface area contributed by atoms with E-state index in [9.17, 15) is 4.79 Å². The van der Waals surface area contributed by atoms with E-state index in [4.69, 9.17) is 13.6 Å². The molecule has 1 N–H and O–H groups in total. The zero-order valence-corrected chi connectivity index (χ0v) is 25.6. The van der Waals surface area contributed by atoms with Crippen molar-refractivity contribution in [3.8, 4) is 11.5 Å². The first-order valence-electron chi connectivity index (χ1n) is 12.9. The zero-order chi connectivity index (χ0) is 25.9. The maximum Gasteiger partial charge on any atom is 0.407 e. The van der Waals surface area contributed by atoms with Gasteiger partial charge in [0, 0.05) is 12.6 Å². The fourth-order valence-corrected chi connectivity index (χ4v) is 5.76. The number of carbonyl (C=O) groups is 1. The number of rotatable bonds is 7. The van der Waals surface area contributed by atoms with Crippen LogP contribution in [0.4, 0.5) is 4.79 Å². The maximum absolute atomic E-state index is 11.8. The van der Waals surface area contributed by atoms with Crippen LogP contribution < -0.4 is 14.2 Å². The molecule has 1 aliphatic rings. The third-order valence-corrected chi connectivity index (χ3v) is 16.7. The first-order chi connectivity index (χ1) is 15.5. The summed E-state index contributed by atoms with van der Waals surface area (Å²) in [5.41, 5.74) is 1.27. The highest BCUT2D eigenvalue weighted by molar-refractivity contribution is 6.75. The molecule has 0 spiro atoms. The van der Waals surface area contributed by atoms with Crippen LogP contribution in [0.5, 0.6) is 11.5 Å². The van der Waals surface area contributed by atoms with Gasteiger partial charge in [-0.15, -0.1) is 0 Å². The molecule has 1 fully saturated rings. The van der Waals surface area contributed by atoms with Crippen LogP contribution in [0, 0.1) is 0 Å². The van der Waals surface area contributed by atoms with E-state index in [2.05, 4.69) is 91.2 Å². The third kappa shape index (κ3) is 7.26. The summed E-state index contributed by atoms with van der Waals surface area (Å²) in [5, 5.41) is 2.98. The number of ether oxygens (including phenoxy) is 1. The van der Waals surface area contributed by atoms with Crippen molar-refractivity contribution in [2.45, 2.75) is 122 Å². The smallest absolute Gasteiger partial charge is 0.407 e. The van der Waals surface area contributed by atoms with Gasteiger partial charge in [-0.3, -0.25) is 0 Å². The van der Waals surface area contributed by atoms with E-state index >= 15 is 0 Å². The molecular formula is C27H49NO4Si2. The van der Waals surface area contributed by atoms with Gasteiger partial charge in [0.15, 0.2) is 0 Å². The van der Waals surface area contributed by atoms with Crippen LogP contribution in [0.2, 0.25) is 36.3 Å². The molecule has 0 heterocycles. The fraction of sp³-hybridized carbons (Fsp3) is 0.741. The Kier molecular flexibility index (Phi) is 9.01. The van der Waals surface area contributed by atoms with E-state index in [0.29, 0.717) is 12.5 Å². The van der Waals surface area contributed by atoms with Crippen LogP contribution in [0.1, 0.15) is 85.6 Å². The third-order valence-electron chi connectivity index (χ3n) is 8.04. The Labute approximate surface area is 210 Å². The molecule has 5 nitrogen and oxygen atoms in total. The van der Waals surface area contributed by atoms with Crippen molar-refractivity contribution in [2.75, 3.05) is 6.54 Å². The summed E-state index contributed by atoms with van der Waals surface area (Å²) in [7, 11) is -3.98. The van der Waals surface area contributed by atoms with Crippen molar-refractivity contribution in [3.05, 3.63) is 23.8 Å². The lowest BCUT2D eigenvalue weighted by Crippen LogP contribution is -2.44. The van der Waals surface area contributed by atoms with Gasteiger partial charge in [0.1, 0.15) is 17.6 Å². The minimum Gasteiger partial charge on any atom is -0.543 e. The summed E-state index contributed by atoms with van der Waals surface area (Å²) in [6, 6.07) is 6.50. The summed E-state index contributed by atoms with van der Waals surface area (Å²) >= 11 is 0. The molecule has 34 heavy (non-hydrogen) atoms. The molecule has 1 aromatic carbocycles. The average molecular weight is 508 g/mol. The van der Waals surface area contributed by atoms with E-state index in [1.165, 1.54) is 5.56 Å². The summed E-state index contributed by atoms with van der Waals surface area (Å²) in [4.78, 5) is 11.8. The predicted octanol–water partition coefficient (Wildman–Crippen LogP) is 8.23. The Hall–Kier alpha value is -1.48. The largest absolute Gasteiger partial charge is 0.543 e. The Bertz CT molecular complexity index is 832. The topological polar surface area (TPSA) is 56.8 Å². The monoisotopic (exact) mass is 507 g/mol. The van der Waals surface area contributed by atoms with E-state index < -0.39 is 16.6 Å². The summed E-state index contributed by atoms with van der Waals surface area (Å²) < 4.78 is 19.1. The number of nitrogens with one attached hydrogen (secondary N) is 1. The Morgan fingerprint density at radius 3 is 1.94 bits per heavy atom. The molecule has 1 aromatic rings. The van der Waals surface area contributed by atoms with Crippen molar-refractivity contribution >= 4 is 22.7 Å². The lowest BCUT2D eigenvalue weighted by atomic mass is 9.82. The molecule has 0 bridgehead atoms. The van der Waals surface area contributed by atoms with Crippen LogP contribution >= 0.6 is 0 Å². The zero-order valence-electron chi connectivity index (χ0n) is 23.6. The van der Waals surface area contributed by atoms with E-state index in [1.807, 2.05) is 6.92 Å². The highest BCUT2D eigenvalue weighted by Gasteiger charge is 2.41. The molecule has 0 aliphatic heterocycles. The number of hydrogen-bond donors (Lipinski definition) is 1. The van der Waals surface area contributed by atoms with E-state index in [0.717, 1.165) is 37.2 Å². The molecule has 1 saturated carbocycles. The van der Waals surface area contributed by atoms with Gasteiger partial charge in [-0.05, 0) is 86.4 Å². The van der Waals surface area contributed by atoms with E-state index in [-0.39, 0.29) is 22.3 Å². The van der Waals surface area contributed by atoms with Crippen molar-refractivity contribution in [2.24, 2.45) is 0 Å². The first-order valence-corrected chi connectivity index (χ1v) is 18.7. The number of amides is 1. The molecule has 194 valence electrons. The second-order valence-electron chi connectivity index (χ2n) is 12.8. The average Bonchev–Trinajstić information content (AvgIpc) is 2.67. The van der Waals surface area contributed by atoms with E-state index in [1.54, 1.807) is 0 Å². The SMILES string of the molecule is CCNC(=O)OC1CCC(c2ccc(O[Si](C)(C)C(C)(C)C)cc2O[Si](C)(C)C(C)(C)C)CC1. The number of benzene rings is 1. The van der Waals surface area contributed by atoms with Crippen LogP contribution in [0.25, 0.3) is 0 Å². The molecule has 0 saturated heterocycles. The van der Waals surface area contributed by atoms with Gasteiger partial charge in [0.05, 0.1) is 0 Å². The Morgan fingerprint density at radius 2 is 1.44 bits per heavy atom. The van der Waals surface area contributed by atoms with Crippen molar-refractivity contribution in [1.82, 2.24) is 5.32 Å². The molecular weight excluding hydrogens is 458 g/mol. The minimum absolute atomic E-state index is 0.00579. The molecule has 2 rings (SSSR count). The van der Waals surface area contributed by atoms with Crippen LogP contribution in [-0.2, 0) is 4.74 Å². The van der Waals surface area contributed by atoms with Gasteiger partial charge in [-0.25, -0.2) is 4.79 Å². The molecule has 0 aromatic heterocycles. The lowest BCUT2D eigenvalue weighted by Gasteiger charge is -2.39. The maximum atomic E-state index is 11.8. The lowest BCUT2D eigenvalue weighted by molar-refractivity contribution is 0.0717. The molecule has 1 amide bonds. The van der Waals surface area contributed by atoms with Crippen LogP contribution in [0.15, 0.2) is 18.2 Å². The van der Waals surface area contributed by atoms with Crippen molar-refractivity contribution in [1.29, 1.82) is 0 Å².